The van der Waals surface area contributed by atoms with Crippen molar-refractivity contribution in [1.82, 2.24) is 42.1 Å². The quantitative estimate of drug-likeness (QED) is 0.0358. The van der Waals surface area contributed by atoms with Crippen molar-refractivity contribution in [3.63, 3.8) is 0 Å². The molecule has 0 saturated carbocycles. The molecule has 0 unspecified atom stereocenters. The predicted octanol–water partition coefficient (Wildman–Crippen LogP) is -1.48. The van der Waals surface area contributed by atoms with E-state index in [1.165, 1.54) is 0 Å². The Kier molecular flexibility index (Phi) is 28.2. The van der Waals surface area contributed by atoms with Gasteiger partial charge >= 0.3 is 0 Å². The van der Waals surface area contributed by atoms with Crippen molar-refractivity contribution >= 4 is 70.8 Å². The number of hydrogen-bond acceptors (Lipinski definition) is 14. The van der Waals surface area contributed by atoms with Crippen LogP contribution < -0.4 is 60.2 Å². The number of nitrogens with one attached hydrogen (secondary N) is 7. The molecule has 2 rings (SSSR count). The van der Waals surface area contributed by atoms with Crippen LogP contribution >= 0.6 is 11.8 Å². The summed E-state index contributed by atoms with van der Waals surface area (Å²) in [6, 6.07) is -0.851. The molecule has 0 bridgehead atoms. The second kappa shape index (κ2) is 32.5. The number of carbonyl (C=O) groups excluding carboxylic acids is 10. The Morgan fingerprint density at radius 2 is 1.23 bits per heavy atom. The first-order valence-corrected chi connectivity index (χ1v) is 26.6. The second-order valence-corrected chi connectivity index (χ2v) is 21.1. The number of thioether (sulfide) groups is 1. The zero-order valence-electron chi connectivity index (χ0n) is 44.3. The summed E-state index contributed by atoms with van der Waals surface area (Å²) in [4.78, 5) is 136. The van der Waals surface area contributed by atoms with Gasteiger partial charge in [0.1, 0.15) is 47.7 Å². The minimum atomic E-state index is -1.63. The van der Waals surface area contributed by atoms with Gasteiger partial charge in [0.15, 0.2) is 0 Å². The summed E-state index contributed by atoms with van der Waals surface area (Å²) in [5.74, 6) is -8.56. The van der Waals surface area contributed by atoms with Crippen LogP contribution in [0.25, 0.3) is 0 Å². The fourth-order valence-corrected chi connectivity index (χ4v) is 9.43. The molecule has 1 heterocycles. The highest BCUT2D eigenvalue weighted by Gasteiger charge is 2.43. The molecular formula is C50H84N12O11S. The van der Waals surface area contributed by atoms with Crippen molar-refractivity contribution in [2.45, 2.75) is 167 Å². The lowest BCUT2D eigenvalue weighted by Crippen LogP contribution is -2.60. The molecule has 0 radical (unpaired) electrons. The third kappa shape index (κ3) is 21.2. The maximum atomic E-state index is 14.2. The van der Waals surface area contributed by atoms with Gasteiger partial charge in [-0.15, -0.1) is 11.8 Å². The lowest BCUT2D eigenvalue weighted by molar-refractivity contribution is -0.142. The summed E-state index contributed by atoms with van der Waals surface area (Å²) in [5, 5.41) is 27.8. The van der Waals surface area contributed by atoms with Crippen LogP contribution in [0.2, 0.25) is 0 Å². The summed E-state index contributed by atoms with van der Waals surface area (Å²) in [5.41, 5.74) is 23.6. The van der Waals surface area contributed by atoms with Crippen molar-refractivity contribution in [3.8, 4) is 0 Å². The summed E-state index contributed by atoms with van der Waals surface area (Å²) in [6.07, 6.45) is 1.84. The minimum absolute atomic E-state index is 0.0275. The van der Waals surface area contributed by atoms with E-state index >= 15 is 0 Å². The highest BCUT2D eigenvalue weighted by Crippen LogP contribution is 2.29. The third-order valence-corrected chi connectivity index (χ3v) is 14.1. The molecule has 1 aliphatic heterocycles. The zero-order chi connectivity index (χ0) is 55.8. The predicted molar refractivity (Wildman–Crippen MR) is 280 cm³/mol. The third-order valence-electron chi connectivity index (χ3n) is 12.8. The number of hydrogen-bond donors (Lipinski definition) is 12. The SMILES string of the molecule is CC[C@H](C)[C@H](NC(=O)[C@H](CCCCN)NC(=O)[C@H](Cc1ccccc1)NC(=O)[C@@H]1CS[C@H](CO)N1C(=O)CNC(=O)[C@H](CC(N)=O)NC(=O)[C@H](CC(C)C)NC(=O)[C@@H](NC(=O)[C@@H](N)CC(C)C)[C@@H](C)CC)C(N)=O. The monoisotopic (exact) mass is 1060 g/mol. The van der Waals surface area contributed by atoms with E-state index in [0.29, 0.717) is 44.2 Å². The van der Waals surface area contributed by atoms with E-state index in [1.807, 2.05) is 27.7 Å². The van der Waals surface area contributed by atoms with Gasteiger partial charge in [-0.1, -0.05) is 98.6 Å². The Bertz CT molecular complexity index is 2050. The standard InChI is InChI=1S/C50H84N12O11S/c1-9-29(7)41(43(54)66)60-46(69)33(18-14-15-19-51)56-48(71)35(22-31-16-12-11-13-17-31)58-49(72)37-26-74-40(25-63)62(37)39(65)24-55-45(68)36(23-38(53)64)57-47(70)34(21-28(5)6)59-50(73)42(30(8)10-2)61-44(67)32(52)20-27(3)4/h11-13,16-17,27-30,32-37,40-42,63H,9-10,14-15,18-26,51-52H2,1-8H3,(H2,53,64)(H2,54,66)(H,55,68)(H,56,71)(H,57,70)(H,58,72)(H,59,73)(H,60,69)(H,61,67)/t29-,30-,32-,33-,34-,35-,36-,37-,40+,41-,42-/m0/s1. The van der Waals surface area contributed by atoms with Crippen LogP contribution in [-0.2, 0) is 54.4 Å². The average Bonchev–Trinajstić information content (AvgIpc) is 3.79. The van der Waals surface area contributed by atoms with E-state index in [1.54, 1.807) is 58.0 Å². The highest BCUT2D eigenvalue weighted by molar-refractivity contribution is 8.00. The molecule has 74 heavy (non-hydrogen) atoms. The van der Waals surface area contributed by atoms with Gasteiger partial charge in [0.2, 0.25) is 59.1 Å². The summed E-state index contributed by atoms with van der Waals surface area (Å²) in [7, 11) is 0. The molecule has 16 N–H and O–H groups in total. The Balaban J connectivity index is 2.35. The molecule has 0 aliphatic carbocycles. The van der Waals surface area contributed by atoms with Gasteiger partial charge in [0, 0.05) is 12.2 Å². The van der Waals surface area contributed by atoms with Crippen molar-refractivity contribution in [2.24, 2.45) is 46.6 Å². The summed E-state index contributed by atoms with van der Waals surface area (Å²) >= 11 is 1.07. The average molecular weight is 1060 g/mol. The van der Waals surface area contributed by atoms with Crippen LogP contribution in [0.15, 0.2) is 30.3 Å². The fourth-order valence-electron chi connectivity index (χ4n) is 8.19. The van der Waals surface area contributed by atoms with Crippen LogP contribution in [0.1, 0.15) is 112 Å². The molecule has 1 fully saturated rings. The van der Waals surface area contributed by atoms with Gasteiger partial charge < -0.3 is 70.2 Å². The first-order chi connectivity index (χ1) is 34.9. The number of benzene rings is 1. The van der Waals surface area contributed by atoms with Gasteiger partial charge in [-0.3, -0.25) is 47.9 Å². The van der Waals surface area contributed by atoms with E-state index in [9.17, 15) is 53.1 Å². The van der Waals surface area contributed by atoms with Gasteiger partial charge in [-0.05, 0) is 67.9 Å². The minimum Gasteiger partial charge on any atom is -0.393 e. The molecule has 1 saturated heterocycles. The number of nitrogens with two attached hydrogens (primary N) is 4. The number of primary amides is 2. The van der Waals surface area contributed by atoms with Crippen LogP contribution in [0.3, 0.4) is 0 Å². The molecule has 0 spiro atoms. The Morgan fingerprint density at radius 1 is 0.676 bits per heavy atom. The van der Waals surface area contributed by atoms with Crippen molar-refractivity contribution in [2.75, 3.05) is 25.4 Å². The molecule has 0 aromatic heterocycles. The van der Waals surface area contributed by atoms with E-state index in [0.717, 1.165) is 16.7 Å². The van der Waals surface area contributed by atoms with Crippen LogP contribution in [0.4, 0.5) is 0 Å². The van der Waals surface area contributed by atoms with Gasteiger partial charge in [-0.2, -0.15) is 0 Å². The molecule has 10 amide bonds. The molecule has 24 heteroatoms. The highest BCUT2D eigenvalue weighted by atomic mass is 32.2. The lowest BCUT2D eigenvalue weighted by atomic mass is 9.95. The van der Waals surface area contributed by atoms with Crippen molar-refractivity contribution < 1.29 is 53.1 Å². The van der Waals surface area contributed by atoms with E-state index in [-0.39, 0.29) is 48.7 Å². The molecule has 11 atom stereocenters. The van der Waals surface area contributed by atoms with Gasteiger partial charge in [0.25, 0.3) is 0 Å². The number of amides is 10. The Hall–Kier alpha value is -5.85. The van der Waals surface area contributed by atoms with Crippen LogP contribution in [-0.4, -0.2) is 148 Å². The summed E-state index contributed by atoms with van der Waals surface area (Å²) in [6.45, 7) is 13.5. The van der Waals surface area contributed by atoms with Crippen LogP contribution in [0, 0.1) is 23.7 Å². The molecule has 23 nitrogen and oxygen atoms in total. The molecule has 1 aliphatic rings. The topological polar surface area (TPSA) is 382 Å². The van der Waals surface area contributed by atoms with E-state index < -0.39 is 132 Å². The first-order valence-electron chi connectivity index (χ1n) is 25.6. The zero-order valence-corrected chi connectivity index (χ0v) is 45.1. The normalized spacial score (nSPS) is 18.0. The smallest absolute Gasteiger partial charge is 0.244 e. The number of nitrogens with zero attached hydrogens (tertiary/aromatic N) is 1. The Morgan fingerprint density at radius 3 is 1.78 bits per heavy atom. The molecule has 416 valence electrons. The fraction of sp³-hybridized carbons (Fsp3) is 0.680. The van der Waals surface area contributed by atoms with Crippen LogP contribution in [0.5, 0.6) is 0 Å². The van der Waals surface area contributed by atoms with Gasteiger partial charge in [-0.25, -0.2) is 0 Å². The lowest BCUT2D eigenvalue weighted by Gasteiger charge is -2.30. The number of unbranched alkanes of at least 4 members (excludes halogenated alkanes) is 1. The largest absolute Gasteiger partial charge is 0.393 e. The van der Waals surface area contributed by atoms with Crippen molar-refractivity contribution in [1.29, 1.82) is 0 Å². The Labute approximate surface area is 439 Å². The molecular weight excluding hydrogens is 977 g/mol. The maximum absolute atomic E-state index is 14.2. The first kappa shape index (κ1) is 64.3. The van der Waals surface area contributed by atoms with Gasteiger partial charge in [0.05, 0.1) is 25.6 Å². The summed E-state index contributed by atoms with van der Waals surface area (Å²) < 4.78 is 0. The number of carbonyl (C=O) groups is 10. The number of aliphatic hydroxyl groups excluding tert-OH is 1. The number of rotatable bonds is 33. The van der Waals surface area contributed by atoms with E-state index in [2.05, 4.69) is 37.2 Å². The molecule has 1 aromatic carbocycles. The number of aliphatic hydroxyl groups is 1. The molecule has 1 aromatic rings. The maximum Gasteiger partial charge on any atom is 0.244 e. The van der Waals surface area contributed by atoms with Crippen molar-refractivity contribution in [3.05, 3.63) is 35.9 Å². The second-order valence-electron chi connectivity index (χ2n) is 19.9. The van der Waals surface area contributed by atoms with E-state index in [4.69, 9.17) is 22.9 Å².